The minimum absolute atomic E-state index is 0.0444. The van der Waals surface area contributed by atoms with Crippen LogP contribution in [0.2, 0.25) is 0 Å². The fraction of sp³-hybridized carbons (Fsp3) is 0.235. The molecule has 0 unspecified atom stereocenters. The topological polar surface area (TPSA) is 101 Å². The van der Waals surface area contributed by atoms with E-state index in [0.29, 0.717) is 22.9 Å². The molecule has 2 heterocycles. The molecule has 142 valence electrons. The Morgan fingerprint density at radius 3 is 2.52 bits per heavy atom. The summed E-state index contributed by atoms with van der Waals surface area (Å²) < 4.78 is 26.7. The van der Waals surface area contributed by atoms with E-state index >= 15 is 0 Å². The summed E-state index contributed by atoms with van der Waals surface area (Å²) in [5, 5.41) is 12.5. The van der Waals surface area contributed by atoms with Gasteiger partial charge in [-0.15, -0.1) is 11.3 Å². The third kappa shape index (κ3) is 4.41. The van der Waals surface area contributed by atoms with Gasteiger partial charge in [-0.25, -0.2) is 8.42 Å². The van der Waals surface area contributed by atoms with Gasteiger partial charge in [0, 0.05) is 44.4 Å². The molecule has 8 nitrogen and oxygen atoms in total. The van der Waals surface area contributed by atoms with Gasteiger partial charge >= 0.3 is 0 Å². The van der Waals surface area contributed by atoms with Gasteiger partial charge in [-0.1, -0.05) is 18.2 Å². The maximum absolute atomic E-state index is 12.5. The second kappa shape index (κ2) is 7.99. The van der Waals surface area contributed by atoms with Crippen LogP contribution in [0.3, 0.4) is 0 Å². The summed E-state index contributed by atoms with van der Waals surface area (Å²) >= 11 is 1.17. The Kier molecular flexibility index (Phi) is 5.68. The van der Waals surface area contributed by atoms with E-state index in [4.69, 9.17) is 0 Å². The van der Waals surface area contributed by atoms with Crippen LogP contribution in [-0.2, 0) is 14.8 Å². The number of hydrogen-bond donors (Lipinski definition) is 0. The van der Waals surface area contributed by atoms with Gasteiger partial charge < -0.3 is 4.90 Å². The minimum Gasteiger partial charge on any atom is -0.337 e. The summed E-state index contributed by atoms with van der Waals surface area (Å²) in [5.41, 5.74) is 0.508. The molecule has 1 fully saturated rings. The molecular formula is C17H17N3O5S2. The van der Waals surface area contributed by atoms with E-state index in [2.05, 4.69) is 0 Å². The van der Waals surface area contributed by atoms with Gasteiger partial charge in [-0.2, -0.15) is 4.31 Å². The number of nitrogens with zero attached hydrogens (tertiary/aromatic N) is 3. The largest absolute Gasteiger partial charge is 0.337 e. The maximum atomic E-state index is 12.5. The van der Waals surface area contributed by atoms with Crippen molar-refractivity contribution < 1.29 is 18.1 Å². The quantitative estimate of drug-likeness (QED) is 0.430. The first-order valence-corrected chi connectivity index (χ1v) is 10.4. The van der Waals surface area contributed by atoms with Gasteiger partial charge in [0.25, 0.3) is 15.7 Å². The van der Waals surface area contributed by atoms with Gasteiger partial charge in [0.05, 0.1) is 4.92 Å². The zero-order valence-electron chi connectivity index (χ0n) is 14.2. The molecular weight excluding hydrogens is 390 g/mol. The molecule has 1 saturated heterocycles. The average Bonchev–Trinajstić information content (AvgIpc) is 3.22. The third-order valence-electron chi connectivity index (χ3n) is 4.14. The van der Waals surface area contributed by atoms with E-state index < -0.39 is 14.9 Å². The molecule has 0 atom stereocenters. The number of carbonyl (C=O) groups is 1. The lowest BCUT2D eigenvalue weighted by atomic mass is 10.2. The highest BCUT2D eigenvalue weighted by molar-refractivity contribution is 7.91. The van der Waals surface area contributed by atoms with E-state index in [0.717, 1.165) is 0 Å². The van der Waals surface area contributed by atoms with Crippen LogP contribution in [0, 0.1) is 10.1 Å². The van der Waals surface area contributed by atoms with E-state index in [-0.39, 0.29) is 24.7 Å². The van der Waals surface area contributed by atoms with Crippen LogP contribution in [-0.4, -0.2) is 54.6 Å². The summed E-state index contributed by atoms with van der Waals surface area (Å²) in [6.07, 6.45) is 2.87. The fourth-order valence-electron chi connectivity index (χ4n) is 2.70. The normalized spacial score (nSPS) is 15.9. The van der Waals surface area contributed by atoms with Crippen LogP contribution in [0.15, 0.2) is 52.1 Å². The fourth-order valence-corrected chi connectivity index (χ4v) is 5.27. The lowest BCUT2D eigenvalue weighted by Crippen LogP contribution is -2.50. The number of non-ortho nitro benzene ring substituents is 1. The number of hydrogen-bond acceptors (Lipinski definition) is 6. The second-order valence-electron chi connectivity index (χ2n) is 5.85. The lowest BCUT2D eigenvalue weighted by molar-refractivity contribution is -0.384. The number of thiophene rings is 1. The monoisotopic (exact) mass is 407 g/mol. The smallest absolute Gasteiger partial charge is 0.270 e. The summed E-state index contributed by atoms with van der Waals surface area (Å²) in [4.78, 5) is 24.2. The predicted octanol–water partition coefficient (Wildman–Crippen LogP) is 2.20. The Labute approximate surface area is 160 Å². The molecule has 10 heteroatoms. The van der Waals surface area contributed by atoms with E-state index in [9.17, 15) is 23.3 Å². The first-order chi connectivity index (χ1) is 12.9. The number of benzene rings is 1. The molecule has 1 aliphatic heterocycles. The number of nitro groups is 1. The summed E-state index contributed by atoms with van der Waals surface area (Å²) in [6.45, 7) is 1.05. The molecule has 2 aromatic rings. The number of piperazine rings is 1. The van der Waals surface area contributed by atoms with Crippen molar-refractivity contribution in [3.05, 3.63) is 63.5 Å². The molecule has 1 aliphatic rings. The van der Waals surface area contributed by atoms with Crippen LogP contribution < -0.4 is 0 Å². The molecule has 0 radical (unpaired) electrons. The van der Waals surface area contributed by atoms with Crippen molar-refractivity contribution in [1.82, 2.24) is 9.21 Å². The van der Waals surface area contributed by atoms with Gasteiger partial charge in [0.1, 0.15) is 4.21 Å². The standard InChI is InChI=1S/C17H17N3O5S2/c21-16(7-6-14-3-1-4-15(13-14)20(22)23)18-8-10-19(11-9-18)27(24,25)17-5-2-12-26-17/h1-7,12-13H,8-11H2. The zero-order chi connectivity index (χ0) is 19.4. The molecule has 0 spiro atoms. The molecule has 1 aromatic heterocycles. The SMILES string of the molecule is O=C(C=Cc1cccc([N+](=O)[O-])c1)N1CCN(S(=O)(=O)c2cccs2)CC1. The molecule has 0 saturated carbocycles. The molecule has 1 amide bonds. The van der Waals surface area contributed by atoms with Crippen molar-refractivity contribution in [3.63, 3.8) is 0 Å². The van der Waals surface area contributed by atoms with Crippen LogP contribution in [0.1, 0.15) is 5.56 Å². The highest BCUT2D eigenvalue weighted by Crippen LogP contribution is 2.22. The molecule has 0 aliphatic carbocycles. The Hall–Kier alpha value is -2.56. The predicted molar refractivity (Wildman–Crippen MR) is 102 cm³/mol. The average molecular weight is 407 g/mol. The van der Waals surface area contributed by atoms with E-state index in [1.807, 2.05) is 0 Å². The van der Waals surface area contributed by atoms with Gasteiger partial charge in [0.2, 0.25) is 5.91 Å². The number of carbonyl (C=O) groups excluding carboxylic acids is 1. The lowest BCUT2D eigenvalue weighted by Gasteiger charge is -2.33. The van der Waals surface area contributed by atoms with Crippen molar-refractivity contribution in [2.75, 3.05) is 26.2 Å². The van der Waals surface area contributed by atoms with E-state index in [1.54, 1.807) is 34.5 Å². The Bertz CT molecular complexity index is 962. The number of sulfonamides is 1. The number of rotatable bonds is 5. The Morgan fingerprint density at radius 1 is 1.15 bits per heavy atom. The third-order valence-corrected chi connectivity index (χ3v) is 7.41. The van der Waals surface area contributed by atoms with Crippen LogP contribution >= 0.6 is 11.3 Å². The van der Waals surface area contributed by atoms with Crippen molar-refractivity contribution in [2.24, 2.45) is 0 Å². The van der Waals surface area contributed by atoms with Crippen molar-refractivity contribution >= 4 is 39.0 Å². The van der Waals surface area contributed by atoms with Gasteiger partial charge in [0.15, 0.2) is 0 Å². The molecule has 0 bridgehead atoms. The summed E-state index contributed by atoms with van der Waals surface area (Å²) in [6, 6.07) is 9.25. The zero-order valence-corrected chi connectivity index (χ0v) is 15.9. The Morgan fingerprint density at radius 2 is 1.89 bits per heavy atom. The molecule has 3 rings (SSSR count). The first-order valence-electron chi connectivity index (χ1n) is 8.13. The van der Waals surface area contributed by atoms with Crippen molar-refractivity contribution in [3.8, 4) is 0 Å². The molecule has 0 N–H and O–H groups in total. The first kappa shape index (κ1) is 19.2. The van der Waals surface area contributed by atoms with Crippen LogP contribution in [0.25, 0.3) is 6.08 Å². The second-order valence-corrected chi connectivity index (χ2v) is 8.96. The molecule has 1 aromatic carbocycles. The number of nitro benzene ring substituents is 1. The van der Waals surface area contributed by atoms with Crippen LogP contribution in [0.5, 0.6) is 0 Å². The van der Waals surface area contributed by atoms with Crippen molar-refractivity contribution in [1.29, 1.82) is 0 Å². The number of amides is 1. The summed E-state index contributed by atoms with van der Waals surface area (Å²) in [5.74, 6) is -0.255. The maximum Gasteiger partial charge on any atom is 0.270 e. The van der Waals surface area contributed by atoms with E-state index in [1.165, 1.54) is 39.9 Å². The highest BCUT2D eigenvalue weighted by Gasteiger charge is 2.30. The van der Waals surface area contributed by atoms with Gasteiger partial charge in [-0.3, -0.25) is 14.9 Å². The summed E-state index contributed by atoms with van der Waals surface area (Å²) in [7, 11) is -3.50. The highest BCUT2D eigenvalue weighted by atomic mass is 32.2. The Balaban J connectivity index is 1.60. The van der Waals surface area contributed by atoms with Crippen molar-refractivity contribution in [2.45, 2.75) is 4.21 Å². The van der Waals surface area contributed by atoms with Crippen LogP contribution in [0.4, 0.5) is 5.69 Å². The van der Waals surface area contributed by atoms with Gasteiger partial charge in [-0.05, 0) is 23.1 Å². The minimum atomic E-state index is -3.50. The molecule has 27 heavy (non-hydrogen) atoms.